The van der Waals surface area contributed by atoms with E-state index < -0.39 is 0 Å². The first-order chi connectivity index (χ1) is 5.34. The van der Waals surface area contributed by atoms with Crippen LogP contribution in [0.1, 0.15) is 34.6 Å². The van der Waals surface area contributed by atoms with Gasteiger partial charge in [0.15, 0.2) is 0 Å². The fourth-order valence-corrected chi connectivity index (χ4v) is 2.04. The molecule has 0 heterocycles. The Labute approximate surface area is 81.5 Å². The zero-order valence-corrected chi connectivity index (χ0v) is 9.87. The minimum atomic E-state index is 0.254. The van der Waals surface area contributed by atoms with Crippen LogP contribution >= 0.6 is 11.8 Å². The normalized spacial score (nSPS) is 15.2. The average molecular weight is 189 g/mol. The Kier molecular flexibility index (Phi) is 5.26. The van der Waals surface area contributed by atoms with Crippen molar-refractivity contribution in [1.82, 2.24) is 0 Å². The lowest BCUT2D eigenvalue weighted by Crippen LogP contribution is -2.37. The Bertz CT molecular complexity index is 115. The van der Waals surface area contributed by atoms with Gasteiger partial charge in [-0.05, 0) is 17.1 Å². The molecule has 0 radical (unpaired) electrons. The van der Waals surface area contributed by atoms with E-state index in [-0.39, 0.29) is 5.41 Å². The van der Waals surface area contributed by atoms with Gasteiger partial charge in [-0.3, -0.25) is 0 Å². The zero-order chi connectivity index (χ0) is 9.78. The van der Waals surface area contributed by atoms with Gasteiger partial charge < -0.3 is 5.73 Å². The quantitative estimate of drug-likeness (QED) is 0.736. The highest BCUT2D eigenvalue weighted by Crippen LogP contribution is 2.21. The van der Waals surface area contributed by atoms with Crippen LogP contribution in [-0.4, -0.2) is 17.5 Å². The SMILES string of the molecule is CC(C)CSCC(N)C(C)(C)C. The molecule has 0 aliphatic carbocycles. The summed E-state index contributed by atoms with van der Waals surface area (Å²) in [5.74, 6) is 3.09. The van der Waals surface area contributed by atoms with Crippen LogP contribution in [0.4, 0.5) is 0 Å². The Hall–Kier alpha value is 0.310. The molecule has 0 fully saturated rings. The first-order valence-corrected chi connectivity index (χ1v) is 5.83. The Morgan fingerprint density at radius 1 is 1.17 bits per heavy atom. The molecule has 1 atom stereocenters. The van der Waals surface area contributed by atoms with Gasteiger partial charge in [0.25, 0.3) is 0 Å². The van der Waals surface area contributed by atoms with E-state index in [0.29, 0.717) is 6.04 Å². The molecule has 0 rings (SSSR count). The van der Waals surface area contributed by atoms with Crippen LogP contribution in [0.15, 0.2) is 0 Å². The minimum absolute atomic E-state index is 0.254. The van der Waals surface area contributed by atoms with Crippen LogP contribution in [0.3, 0.4) is 0 Å². The van der Waals surface area contributed by atoms with E-state index in [9.17, 15) is 0 Å². The maximum atomic E-state index is 6.02. The Morgan fingerprint density at radius 2 is 1.67 bits per heavy atom. The molecule has 0 aromatic carbocycles. The van der Waals surface area contributed by atoms with E-state index in [0.717, 1.165) is 11.7 Å². The minimum Gasteiger partial charge on any atom is -0.326 e. The topological polar surface area (TPSA) is 26.0 Å². The highest BCUT2D eigenvalue weighted by atomic mass is 32.2. The van der Waals surface area contributed by atoms with Crippen molar-refractivity contribution in [3.63, 3.8) is 0 Å². The van der Waals surface area contributed by atoms with E-state index in [1.165, 1.54) is 5.75 Å². The second kappa shape index (κ2) is 5.13. The molecule has 1 unspecified atom stereocenters. The fourth-order valence-electron chi connectivity index (χ4n) is 0.681. The second-order valence-corrected chi connectivity index (χ2v) is 5.98. The Morgan fingerprint density at radius 3 is 2.00 bits per heavy atom. The van der Waals surface area contributed by atoms with Crippen LogP contribution in [0.25, 0.3) is 0 Å². The Balaban J connectivity index is 3.51. The smallest absolute Gasteiger partial charge is 0.0179 e. The van der Waals surface area contributed by atoms with Gasteiger partial charge in [0.05, 0.1) is 0 Å². The summed E-state index contributed by atoms with van der Waals surface area (Å²) in [6.07, 6.45) is 0. The van der Waals surface area contributed by atoms with Crippen molar-refractivity contribution in [3.05, 3.63) is 0 Å². The number of hydrogen-bond acceptors (Lipinski definition) is 2. The maximum Gasteiger partial charge on any atom is 0.0179 e. The van der Waals surface area contributed by atoms with Crippen LogP contribution in [0, 0.1) is 11.3 Å². The second-order valence-electron chi connectivity index (χ2n) is 4.90. The lowest BCUT2D eigenvalue weighted by molar-refractivity contribution is 0.344. The number of hydrogen-bond donors (Lipinski definition) is 1. The van der Waals surface area contributed by atoms with Crippen LogP contribution in [0.5, 0.6) is 0 Å². The van der Waals surface area contributed by atoms with Crippen molar-refractivity contribution in [2.75, 3.05) is 11.5 Å². The van der Waals surface area contributed by atoms with E-state index in [1.807, 2.05) is 11.8 Å². The van der Waals surface area contributed by atoms with Gasteiger partial charge in [-0.15, -0.1) is 0 Å². The molecular formula is C10H23NS. The third-order valence-electron chi connectivity index (χ3n) is 1.86. The van der Waals surface area contributed by atoms with Gasteiger partial charge >= 0.3 is 0 Å². The summed E-state index contributed by atoms with van der Waals surface area (Å²) >= 11 is 1.97. The summed E-state index contributed by atoms with van der Waals surface area (Å²) in [5.41, 5.74) is 6.27. The predicted molar refractivity (Wildman–Crippen MR) is 59.6 cm³/mol. The standard InChI is InChI=1S/C10H23NS/c1-8(2)6-12-7-9(11)10(3,4)5/h8-9H,6-7,11H2,1-5H3. The summed E-state index contributed by atoms with van der Waals surface area (Å²) in [5, 5.41) is 0. The van der Waals surface area contributed by atoms with E-state index in [2.05, 4.69) is 34.6 Å². The lowest BCUT2D eigenvalue weighted by atomic mass is 9.89. The largest absolute Gasteiger partial charge is 0.326 e. The van der Waals surface area contributed by atoms with Gasteiger partial charge in [-0.1, -0.05) is 34.6 Å². The van der Waals surface area contributed by atoms with Crippen molar-refractivity contribution >= 4 is 11.8 Å². The molecule has 0 aliphatic rings. The van der Waals surface area contributed by atoms with Gasteiger partial charge in [0.1, 0.15) is 0 Å². The molecule has 1 nitrogen and oxygen atoms in total. The molecule has 12 heavy (non-hydrogen) atoms. The van der Waals surface area contributed by atoms with Gasteiger partial charge in [0, 0.05) is 11.8 Å². The molecule has 2 N–H and O–H groups in total. The van der Waals surface area contributed by atoms with Crippen molar-refractivity contribution < 1.29 is 0 Å². The molecule has 0 aliphatic heterocycles. The van der Waals surface area contributed by atoms with Crippen molar-refractivity contribution in [3.8, 4) is 0 Å². The van der Waals surface area contributed by atoms with E-state index in [1.54, 1.807) is 0 Å². The fraction of sp³-hybridized carbons (Fsp3) is 1.00. The van der Waals surface area contributed by atoms with Crippen LogP contribution in [0.2, 0.25) is 0 Å². The predicted octanol–water partition coefficient (Wildman–Crippen LogP) is 2.75. The van der Waals surface area contributed by atoms with E-state index in [4.69, 9.17) is 5.73 Å². The van der Waals surface area contributed by atoms with Crippen LogP contribution in [-0.2, 0) is 0 Å². The van der Waals surface area contributed by atoms with Crippen molar-refractivity contribution in [2.24, 2.45) is 17.1 Å². The molecule has 0 aromatic rings. The summed E-state index contributed by atoms with van der Waals surface area (Å²) in [6, 6.07) is 0.321. The van der Waals surface area contributed by atoms with Crippen molar-refractivity contribution in [1.29, 1.82) is 0 Å². The molecule has 0 saturated carbocycles. The number of thioether (sulfide) groups is 1. The summed E-state index contributed by atoms with van der Waals surface area (Å²) in [6.45, 7) is 11.1. The zero-order valence-electron chi connectivity index (χ0n) is 9.05. The van der Waals surface area contributed by atoms with Crippen LogP contribution < -0.4 is 5.73 Å². The third-order valence-corrected chi connectivity index (χ3v) is 3.36. The summed E-state index contributed by atoms with van der Waals surface area (Å²) in [4.78, 5) is 0. The monoisotopic (exact) mass is 189 g/mol. The molecule has 74 valence electrons. The number of nitrogens with two attached hydrogens (primary N) is 1. The molecule has 0 spiro atoms. The number of rotatable bonds is 4. The molecule has 0 bridgehead atoms. The first kappa shape index (κ1) is 12.3. The lowest BCUT2D eigenvalue weighted by Gasteiger charge is -2.26. The average Bonchev–Trinajstić information content (AvgIpc) is 1.84. The molecule has 2 heteroatoms. The molecule has 0 aromatic heterocycles. The highest BCUT2D eigenvalue weighted by molar-refractivity contribution is 7.99. The molecule has 0 saturated heterocycles. The van der Waals surface area contributed by atoms with Crippen molar-refractivity contribution in [2.45, 2.75) is 40.7 Å². The van der Waals surface area contributed by atoms with Gasteiger partial charge in [-0.25, -0.2) is 0 Å². The summed E-state index contributed by atoms with van der Waals surface area (Å²) < 4.78 is 0. The highest BCUT2D eigenvalue weighted by Gasteiger charge is 2.19. The first-order valence-electron chi connectivity index (χ1n) is 4.67. The van der Waals surface area contributed by atoms with E-state index >= 15 is 0 Å². The molecular weight excluding hydrogens is 166 g/mol. The van der Waals surface area contributed by atoms with Gasteiger partial charge in [-0.2, -0.15) is 11.8 Å². The van der Waals surface area contributed by atoms with Gasteiger partial charge in [0.2, 0.25) is 0 Å². The summed E-state index contributed by atoms with van der Waals surface area (Å²) in [7, 11) is 0. The molecule has 0 amide bonds. The third kappa shape index (κ3) is 5.90. The maximum absolute atomic E-state index is 6.02.